The maximum absolute atomic E-state index is 13.1. The molecule has 202 valence electrons. The van der Waals surface area contributed by atoms with Gasteiger partial charge in [0.15, 0.2) is 0 Å². The van der Waals surface area contributed by atoms with Crippen LogP contribution in [0, 0.1) is 0 Å². The van der Waals surface area contributed by atoms with Crippen LogP contribution in [0.15, 0.2) is 114 Å². The zero-order valence-electron chi connectivity index (χ0n) is 22.3. The lowest BCUT2D eigenvalue weighted by atomic mass is 9.68. The number of rotatable bonds is 10. The second-order valence-electron chi connectivity index (χ2n) is 10.4. The Morgan fingerprint density at radius 3 is 2.10 bits per heavy atom. The van der Waals surface area contributed by atoms with Crippen LogP contribution in [0.2, 0.25) is 0 Å². The lowest BCUT2D eigenvalue weighted by molar-refractivity contribution is 0.245. The van der Waals surface area contributed by atoms with E-state index in [9.17, 15) is 8.42 Å². The summed E-state index contributed by atoms with van der Waals surface area (Å²) in [5.41, 5.74) is 4.52. The molecule has 4 aromatic carbocycles. The maximum atomic E-state index is 13.1. The van der Waals surface area contributed by atoms with Crippen molar-refractivity contribution >= 4 is 10.0 Å². The molecule has 4 aromatic rings. The maximum Gasteiger partial charge on any atom is 0.240 e. The van der Waals surface area contributed by atoms with Gasteiger partial charge in [-0.2, -0.15) is 0 Å². The molecule has 39 heavy (non-hydrogen) atoms. The molecule has 6 heteroatoms. The van der Waals surface area contributed by atoms with Crippen LogP contribution in [-0.2, 0) is 22.0 Å². The van der Waals surface area contributed by atoms with Crippen molar-refractivity contribution in [1.82, 2.24) is 10.0 Å². The normalized spacial score (nSPS) is 19.5. The molecule has 0 radical (unpaired) electrons. The van der Waals surface area contributed by atoms with Crippen LogP contribution in [0.25, 0.3) is 11.1 Å². The molecule has 0 spiro atoms. The largest absolute Gasteiger partial charge is 0.497 e. The van der Waals surface area contributed by atoms with E-state index in [1.54, 1.807) is 31.4 Å². The first kappa shape index (κ1) is 27.1. The second kappa shape index (κ2) is 12.2. The van der Waals surface area contributed by atoms with Gasteiger partial charge in [0.05, 0.1) is 12.0 Å². The van der Waals surface area contributed by atoms with E-state index in [2.05, 4.69) is 70.7 Å². The fraction of sp³-hybridized carbons (Fsp3) is 0.273. The van der Waals surface area contributed by atoms with Crippen molar-refractivity contribution in [2.24, 2.45) is 0 Å². The molecular formula is C33H36N2O3S. The first-order chi connectivity index (χ1) is 19.0. The third kappa shape index (κ3) is 6.59. The van der Waals surface area contributed by atoms with Gasteiger partial charge in [-0.15, -0.1) is 0 Å². The van der Waals surface area contributed by atoms with Gasteiger partial charge in [0.25, 0.3) is 0 Å². The van der Waals surface area contributed by atoms with Gasteiger partial charge in [-0.3, -0.25) is 0 Å². The van der Waals surface area contributed by atoms with Crippen molar-refractivity contribution in [2.75, 3.05) is 13.7 Å². The van der Waals surface area contributed by atoms with Crippen molar-refractivity contribution < 1.29 is 13.2 Å². The first-order valence-electron chi connectivity index (χ1n) is 13.5. The first-order valence-corrected chi connectivity index (χ1v) is 15.0. The monoisotopic (exact) mass is 540 g/mol. The summed E-state index contributed by atoms with van der Waals surface area (Å²) in [6, 6.07) is 36.2. The Morgan fingerprint density at radius 2 is 1.44 bits per heavy atom. The number of ether oxygens (including phenoxy) is 1. The Kier molecular flexibility index (Phi) is 8.46. The smallest absolute Gasteiger partial charge is 0.240 e. The third-order valence-corrected chi connectivity index (χ3v) is 9.35. The molecule has 1 aliphatic rings. The van der Waals surface area contributed by atoms with Crippen molar-refractivity contribution in [3.63, 3.8) is 0 Å². The summed E-state index contributed by atoms with van der Waals surface area (Å²) in [6.45, 7) is 1.16. The standard InChI is InChI=1S/C33H36N2O3S/c1-38-31-12-8-11-29(23-31)33(25-35-39(36,37)32-13-6-3-7-14-32)21-19-30(20-22-33)34-24-26-15-17-28(18-16-26)27-9-4-2-5-10-27/h2-18,23,30,34-35H,19-22,24-25H2,1H3/t30-,33-. The van der Waals surface area contributed by atoms with Gasteiger partial charge in [-0.05, 0) is 72.2 Å². The predicted molar refractivity (Wildman–Crippen MR) is 157 cm³/mol. The number of benzene rings is 4. The van der Waals surface area contributed by atoms with Gasteiger partial charge < -0.3 is 10.1 Å². The molecule has 1 fully saturated rings. The van der Waals surface area contributed by atoms with E-state index in [4.69, 9.17) is 4.74 Å². The highest BCUT2D eigenvalue weighted by Gasteiger charge is 2.38. The van der Waals surface area contributed by atoms with Crippen LogP contribution in [0.4, 0.5) is 0 Å². The van der Waals surface area contributed by atoms with Crippen LogP contribution in [0.3, 0.4) is 0 Å². The lowest BCUT2D eigenvalue weighted by Gasteiger charge is -2.41. The van der Waals surface area contributed by atoms with Crippen molar-refractivity contribution in [2.45, 2.75) is 48.6 Å². The average molecular weight is 541 g/mol. The highest BCUT2D eigenvalue weighted by Crippen LogP contribution is 2.40. The van der Waals surface area contributed by atoms with E-state index in [1.165, 1.54) is 16.7 Å². The molecular weight excluding hydrogens is 504 g/mol. The van der Waals surface area contributed by atoms with E-state index in [-0.39, 0.29) is 5.41 Å². The fourth-order valence-corrected chi connectivity index (χ4v) is 6.67. The minimum atomic E-state index is -3.60. The lowest BCUT2D eigenvalue weighted by Crippen LogP contribution is -2.46. The predicted octanol–water partition coefficient (Wildman–Crippen LogP) is 6.31. The fourth-order valence-electron chi connectivity index (χ4n) is 5.52. The number of sulfonamides is 1. The summed E-state index contributed by atoms with van der Waals surface area (Å²) in [4.78, 5) is 0.291. The molecule has 5 rings (SSSR count). The quantitative estimate of drug-likeness (QED) is 0.247. The Bertz CT molecular complexity index is 1450. The summed E-state index contributed by atoms with van der Waals surface area (Å²) in [6.07, 6.45) is 3.68. The number of methoxy groups -OCH3 is 1. The average Bonchev–Trinajstić information content (AvgIpc) is 3.01. The Labute approximate surface area is 232 Å². The molecule has 1 saturated carbocycles. The van der Waals surface area contributed by atoms with Gasteiger partial charge in [0.1, 0.15) is 5.75 Å². The molecule has 0 aromatic heterocycles. The van der Waals surface area contributed by atoms with E-state index in [1.807, 2.05) is 24.3 Å². The number of nitrogens with one attached hydrogen (secondary N) is 2. The zero-order chi connectivity index (χ0) is 27.1. The summed E-state index contributed by atoms with van der Waals surface area (Å²) in [7, 11) is -1.94. The summed E-state index contributed by atoms with van der Waals surface area (Å²) in [5.74, 6) is 0.789. The van der Waals surface area contributed by atoms with Crippen LogP contribution in [0.5, 0.6) is 5.75 Å². The van der Waals surface area contributed by atoms with Crippen LogP contribution >= 0.6 is 0 Å². The van der Waals surface area contributed by atoms with E-state index in [0.29, 0.717) is 17.5 Å². The van der Waals surface area contributed by atoms with E-state index in [0.717, 1.165) is 43.5 Å². The molecule has 0 aliphatic heterocycles. The van der Waals surface area contributed by atoms with Crippen molar-refractivity contribution in [3.05, 3.63) is 120 Å². The molecule has 0 atom stereocenters. The van der Waals surface area contributed by atoms with Crippen LogP contribution in [-0.4, -0.2) is 28.1 Å². The summed E-state index contributed by atoms with van der Waals surface area (Å²) < 4.78 is 34.5. The third-order valence-electron chi connectivity index (χ3n) is 7.93. The molecule has 0 amide bonds. The van der Waals surface area contributed by atoms with E-state index < -0.39 is 10.0 Å². The van der Waals surface area contributed by atoms with Crippen LogP contribution in [0.1, 0.15) is 36.8 Å². The minimum Gasteiger partial charge on any atom is -0.497 e. The highest BCUT2D eigenvalue weighted by atomic mass is 32.2. The number of hydrogen-bond donors (Lipinski definition) is 2. The topological polar surface area (TPSA) is 67.4 Å². The Balaban J connectivity index is 1.25. The molecule has 0 heterocycles. The molecule has 2 N–H and O–H groups in total. The van der Waals surface area contributed by atoms with Crippen molar-refractivity contribution in [3.8, 4) is 16.9 Å². The van der Waals surface area contributed by atoms with Gasteiger partial charge in [0.2, 0.25) is 10.0 Å². The minimum absolute atomic E-state index is 0.291. The van der Waals surface area contributed by atoms with Crippen LogP contribution < -0.4 is 14.8 Å². The highest BCUT2D eigenvalue weighted by molar-refractivity contribution is 7.89. The molecule has 0 bridgehead atoms. The zero-order valence-corrected chi connectivity index (χ0v) is 23.2. The van der Waals surface area contributed by atoms with Gasteiger partial charge >= 0.3 is 0 Å². The Morgan fingerprint density at radius 1 is 0.795 bits per heavy atom. The number of hydrogen-bond acceptors (Lipinski definition) is 4. The van der Waals surface area contributed by atoms with E-state index >= 15 is 0 Å². The summed E-state index contributed by atoms with van der Waals surface area (Å²) >= 11 is 0. The molecule has 0 saturated heterocycles. The summed E-state index contributed by atoms with van der Waals surface area (Å²) in [5, 5.41) is 3.74. The second-order valence-corrected chi connectivity index (χ2v) is 12.1. The van der Waals surface area contributed by atoms with Crippen molar-refractivity contribution in [1.29, 1.82) is 0 Å². The molecule has 5 nitrogen and oxygen atoms in total. The molecule has 0 unspecified atom stereocenters. The molecule has 1 aliphatic carbocycles. The SMILES string of the molecule is COc1cccc([C@]2(CNS(=O)(=O)c3ccccc3)CC[C@@H](NCc3ccc(-c4ccccc4)cc3)CC2)c1. The van der Waals surface area contributed by atoms with Gasteiger partial charge in [-0.1, -0.05) is 84.9 Å². The Hall–Kier alpha value is -3.45. The van der Waals surface area contributed by atoms with Gasteiger partial charge in [-0.25, -0.2) is 13.1 Å². The van der Waals surface area contributed by atoms with Gasteiger partial charge in [0, 0.05) is 24.5 Å².